The summed E-state index contributed by atoms with van der Waals surface area (Å²) in [6.45, 7) is 6.09. The van der Waals surface area contributed by atoms with Crippen molar-refractivity contribution < 1.29 is 4.79 Å². The molecule has 4 rings (SSSR count). The zero-order valence-corrected chi connectivity index (χ0v) is 14.9. The van der Waals surface area contributed by atoms with Crippen molar-refractivity contribution in [2.45, 2.75) is 45.3 Å². The fourth-order valence-electron chi connectivity index (χ4n) is 4.08. The van der Waals surface area contributed by atoms with Gasteiger partial charge in [0.2, 0.25) is 5.91 Å². The predicted molar refractivity (Wildman–Crippen MR) is 97.1 cm³/mol. The highest BCUT2D eigenvalue weighted by atomic mass is 16.2. The summed E-state index contributed by atoms with van der Waals surface area (Å²) in [6.07, 6.45) is 7.27. The highest BCUT2D eigenvalue weighted by Gasteiger charge is 2.29. The van der Waals surface area contributed by atoms with Crippen molar-refractivity contribution >= 4 is 5.91 Å². The average Bonchev–Trinajstić information content (AvgIpc) is 3.24. The van der Waals surface area contributed by atoms with Gasteiger partial charge >= 0.3 is 0 Å². The van der Waals surface area contributed by atoms with Gasteiger partial charge in [-0.3, -0.25) is 14.4 Å². The SMILES string of the molecule is Cc1cnn(C[C@@H]2CCCN2CC(=O)N2CCc3ccccc3C2)c1. The van der Waals surface area contributed by atoms with Crippen molar-refractivity contribution in [3.63, 3.8) is 0 Å². The Morgan fingerprint density at radius 1 is 1.24 bits per heavy atom. The molecule has 2 aromatic rings. The lowest BCUT2D eigenvalue weighted by atomic mass is 10.00. The van der Waals surface area contributed by atoms with E-state index in [4.69, 9.17) is 0 Å². The number of carbonyl (C=O) groups is 1. The quantitative estimate of drug-likeness (QED) is 0.858. The van der Waals surface area contributed by atoms with Gasteiger partial charge in [0, 0.05) is 25.3 Å². The predicted octanol–water partition coefficient (Wildman–Crippen LogP) is 2.24. The molecule has 1 saturated heterocycles. The molecule has 0 unspecified atom stereocenters. The van der Waals surface area contributed by atoms with Gasteiger partial charge in [-0.05, 0) is 49.4 Å². The van der Waals surface area contributed by atoms with Crippen LogP contribution in [-0.4, -0.2) is 51.2 Å². The minimum absolute atomic E-state index is 0.262. The zero-order valence-electron chi connectivity index (χ0n) is 14.9. The first-order valence-electron chi connectivity index (χ1n) is 9.27. The van der Waals surface area contributed by atoms with Crippen molar-refractivity contribution in [1.29, 1.82) is 0 Å². The molecule has 0 saturated carbocycles. The number of aromatic nitrogens is 2. The van der Waals surface area contributed by atoms with Crippen LogP contribution in [-0.2, 0) is 24.3 Å². The van der Waals surface area contributed by atoms with Gasteiger partial charge in [0.15, 0.2) is 0 Å². The number of rotatable bonds is 4. The van der Waals surface area contributed by atoms with Crippen molar-refractivity contribution in [2.75, 3.05) is 19.6 Å². The van der Waals surface area contributed by atoms with Gasteiger partial charge in [-0.15, -0.1) is 0 Å². The van der Waals surface area contributed by atoms with Gasteiger partial charge in [0.1, 0.15) is 0 Å². The third kappa shape index (κ3) is 3.61. The number of fused-ring (bicyclic) bond motifs is 1. The van der Waals surface area contributed by atoms with E-state index in [0.717, 1.165) is 39.0 Å². The number of likely N-dealkylation sites (tertiary alicyclic amines) is 1. The maximum absolute atomic E-state index is 12.8. The Balaban J connectivity index is 1.37. The fraction of sp³-hybridized carbons (Fsp3) is 0.500. The molecular weight excluding hydrogens is 312 g/mol. The molecule has 1 atom stereocenters. The summed E-state index contributed by atoms with van der Waals surface area (Å²) in [7, 11) is 0. The molecule has 1 amide bonds. The first-order chi connectivity index (χ1) is 12.2. The summed E-state index contributed by atoms with van der Waals surface area (Å²) in [5, 5.41) is 4.40. The first-order valence-corrected chi connectivity index (χ1v) is 9.27. The van der Waals surface area contributed by atoms with E-state index in [1.54, 1.807) is 0 Å². The number of aryl methyl sites for hydroxylation is 1. The molecule has 5 nitrogen and oxygen atoms in total. The van der Waals surface area contributed by atoms with E-state index < -0.39 is 0 Å². The molecule has 132 valence electrons. The molecule has 0 spiro atoms. The normalized spacial score (nSPS) is 20.7. The Labute approximate surface area is 149 Å². The second-order valence-electron chi connectivity index (χ2n) is 7.34. The van der Waals surface area contributed by atoms with Gasteiger partial charge in [0.25, 0.3) is 0 Å². The summed E-state index contributed by atoms with van der Waals surface area (Å²) >= 11 is 0. The third-order valence-corrected chi connectivity index (χ3v) is 5.48. The molecule has 2 aliphatic heterocycles. The van der Waals surface area contributed by atoms with Crippen LogP contribution in [0.25, 0.3) is 0 Å². The van der Waals surface area contributed by atoms with Crippen LogP contribution in [0.5, 0.6) is 0 Å². The number of carbonyl (C=O) groups excluding carboxylic acids is 1. The van der Waals surface area contributed by atoms with E-state index in [9.17, 15) is 4.79 Å². The lowest BCUT2D eigenvalue weighted by Crippen LogP contribution is -2.45. The Morgan fingerprint density at radius 2 is 2.08 bits per heavy atom. The summed E-state index contributed by atoms with van der Waals surface area (Å²) in [5.74, 6) is 0.262. The lowest BCUT2D eigenvalue weighted by molar-refractivity contribution is -0.133. The molecule has 0 bridgehead atoms. The summed E-state index contributed by atoms with van der Waals surface area (Å²) in [4.78, 5) is 17.2. The van der Waals surface area contributed by atoms with Crippen LogP contribution >= 0.6 is 0 Å². The maximum atomic E-state index is 12.8. The minimum Gasteiger partial charge on any atom is -0.337 e. The van der Waals surface area contributed by atoms with E-state index in [0.29, 0.717) is 12.6 Å². The van der Waals surface area contributed by atoms with Crippen LogP contribution in [0.3, 0.4) is 0 Å². The molecule has 1 aromatic carbocycles. The summed E-state index contributed by atoms with van der Waals surface area (Å²) in [5.41, 5.74) is 3.87. The van der Waals surface area contributed by atoms with Gasteiger partial charge in [-0.25, -0.2) is 0 Å². The van der Waals surface area contributed by atoms with Gasteiger partial charge < -0.3 is 4.90 Å². The van der Waals surface area contributed by atoms with Crippen molar-refractivity contribution in [3.8, 4) is 0 Å². The standard InChI is InChI=1S/C20H26N4O/c1-16-11-21-24(12-16)14-19-7-4-9-22(19)15-20(25)23-10-8-17-5-2-3-6-18(17)13-23/h2-3,5-6,11-12,19H,4,7-10,13-15H2,1H3/t19-/m0/s1. The molecule has 3 heterocycles. The van der Waals surface area contributed by atoms with Crippen molar-refractivity contribution in [1.82, 2.24) is 19.6 Å². The number of benzene rings is 1. The van der Waals surface area contributed by atoms with E-state index in [1.807, 2.05) is 15.8 Å². The van der Waals surface area contributed by atoms with Crippen molar-refractivity contribution in [3.05, 3.63) is 53.3 Å². The van der Waals surface area contributed by atoms with Crippen LogP contribution in [0.1, 0.15) is 29.5 Å². The largest absolute Gasteiger partial charge is 0.337 e. The number of hydrogen-bond acceptors (Lipinski definition) is 3. The Bertz CT molecular complexity index is 754. The van der Waals surface area contributed by atoms with E-state index in [2.05, 4.69) is 47.4 Å². The molecule has 0 radical (unpaired) electrons. The summed E-state index contributed by atoms with van der Waals surface area (Å²) < 4.78 is 2.01. The van der Waals surface area contributed by atoms with Gasteiger partial charge in [0.05, 0.1) is 19.3 Å². The second-order valence-corrected chi connectivity index (χ2v) is 7.34. The minimum atomic E-state index is 0.262. The highest BCUT2D eigenvalue weighted by molar-refractivity contribution is 5.78. The van der Waals surface area contributed by atoms with Crippen LogP contribution in [0.4, 0.5) is 0 Å². The highest BCUT2D eigenvalue weighted by Crippen LogP contribution is 2.21. The monoisotopic (exact) mass is 338 g/mol. The van der Waals surface area contributed by atoms with E-state index in [1.165, 1.54) is 23.1 Å². The average molecular weight is 338 g/mol. The molecule has 1 aromatic heterocycles. The van der Waals surface area contributed by atoms with Crippen molar-refractivity contribution in [2.24, 2.45) is 0 Å². The third-order valence-electron chi connectivity index (χ3n) is 5.48. The number of hydrogen-bond donors (Lipinski definition) is 0. The zero-order chi connectivity index (χ0) is 17.2. The topological polar surface area (TPSA) is 41.4 Å². The number of nitrogens with zero attached hydrogens (tertiary/aromatic N) is 4. The Hall–Kier alpha value is -2.14. The first kappa shape index (κ1) is 16.3. The molecule has 2 aliphatic rings. The van der Waals surface area contributed by atoms with Crippen LogP contribution < -0.4 is 0 Å². The van der Waals surface area contributed by atoms with Gasteiger partial charge in [-0.1, -0.05) is 24.3 Å². The molecule has 0 aliphatic carbocycles. The maximum Gasteiger partial charge on any atom is 0.237 e. The number of amides is 1. The van der Waals surface area contributed by atoms with Crippen LogP contribution in [0.2, 0.25) is 0 Å². The smallest absolute Gasteiger partial charge is 0.237 e. The van der Waals surface area contributed by atoms with Gasteiger partial charge in [-0.2, -0.15) is 5.10 Å². The van der Waals surface area contributed by atoms with Crippen LogP contribution in [0, 0.1) is 6.92 Å². The van der Waals surface area contributed by atoms with E-state index >= 15 is 0 Å². The van der Waals surface area contributed by atoms with E-state index in [-0.39, 0.29) is 5.91 Å². The molecule has 0 N–H and O–H groups in total. The lowest BCUT2D eigenvalue weighted by Gasteiger charge is -2.32. The fourth-order valence-corrected chi connectivity index (χ4v) is 4.08. The molecular formula is C20H26N4O. The Kier molecular flexibility index (Phi) is 4.57. The molecule has 1 fully saturated rings. The Morgan fingerprint density at radius 3 is 2.88 bits per heavy atom. The molecule has 5 heteroatoms. The van der Waals surface area contributed by atoms with Crippen LogP contribution in [0.15, 0.2) is 36.7 Å². The molecule has 25 heavy (non-hydrogen) atoms. The summed E-state index contributed by atoms with van der Waals surface area (Å²) in [6, 6.07) is 8.89. The second kappa shape index (κ2) is 7.00.